The molecule has 26 heavy (non-hydrogen) atoms. The van der Waals surface area contributed by atoms with Crippen molar-refractivity contribution >= 4 is 25.9 Å². The smallest absolute Gasteiger partial charge is 0.329 e. The first-order valence-electron chi connectivity index (χ1n) is 7.56. The van der Waals surface area contributed by atoms with Crippen molar-refractivity contribution in [2.45, 2.75) is 50.5 Å². The summed E-state index contributed by atoms with van der Waals surface area (Å²) in [5, 5.41) is 0. The zero-order valence-electron chi connectivity index (χ0n) is 14.9. The molecule has 0 rings (SSSR count). The molecule has 0 atom stereocenters. The molecule has 0 aliphatic rings. The third-order valence-corrected chi connectivity index (χ3v) is 11.6. The van der Waals surface area contributed by atoms with Gasteiger partial charge in [0.2, 0.25) is 0 Å². The molecular weight excluding hydrogens is 431 g/mol. The number of hydrogen-bond donors (Lipinski definition) is 0. The molecule has 0 aliphatic heterocycles. The summed E-state index contributed by atoms with van der Waals surface area (Å²) >= 11 is 0. The highest BCUT2D eigenvalue weighted by Gasteiger charge is 2.55. The van der Waals surface area contributed by atoms with Crippen LogP contribution in [-0.2, 0) is 18.9 Å². The zero-order chi connectivity index (χ0) is 21.4. The molecule has 0 fully saturated rings. The van der Waals surface area contributed by atoms with Crippen LogP contribution >= 0.6 is 6.98 Å². The molecule has 0 radical (unpaired) electrons. The maximum absolute atomic E-state index is 11.5. The van der Waals surface area contributed by atoms with E-state index in [0.29, 0.717) is 0 Å². The fourth-order valence-electron chi connectivity index (χ4n) is 1.36. The lowest BCUT2D eigenvalue weighted by atomic mass is 10.2. The summed E-state index contributed by atoms with van der Waals surface area (Å²) in [5.41, 5.74) is -12.0. The minimum Gasteiger partial charge on any atom is -0.329 e. The summed E-state index contributed by atoms with van der Waals surface area (Å²) in [4.78, 5) is 0. The number of quaternary nitrogens is 1. The van der Waals surface area contributed by atoms with E-state index in [0.717, 1.165) is 0 Å². The maximum Gasteiger partial charge on any atom is 0.501 e. The Morgan fingerprint density at radius 1 is 0.769 bits per heavy atom. The summed E-state index contributed by atoms with van der Waals surface area (Å²) < 4.78 is 111. The first-order chi connectivity index (χ1) is 11.3. The van der Waals surface area contributed by atoms with Crippen LogP contribution in [0.3, 0.4) is 0 Å². The third-order valence-electron chi connectivity index (χ3n) is 3.30. The van der Waals surface area contributed by atoms with Crippen molar-refractivity contribution < 1.29 is 47.7 Å². The molecular formula is C12H25F6NO4PS2+. The molecule has 0 saturated heterocycles. The van der Waals surface area contributed by atoms with Crippen molar-refractivity contribution in [2.24, 2.45) is 0 Å². The molecule has 14 heteroatoms. The van der Waals surface area contributed by atoms with Crippen LogP contribution in [0.25, 0.3) is 0 Å². The second-order valence-electron chi connectivity index (χ2n) is 6.02. The predicted octanol–water partition coefficient (Wildman–Crippen LogP) is 4.03. The van der Waals surface area contributed by atoms with Gasteiger partial charge < -0.3 is 4.48 Å². The minimum absolute atomic E-state index is 1.18. The Kier molecular flexibility index (Phi) is 11.3. The fraction of sp³-hybridized carbons (Fsp3) is 1.00. The molecule has 0 heterocycles. The molecule has 0 N–H and O–H groups in total. The van der Waals surface area contributed by atoms with Gasteiger partial charge in [0, 0.05) is 0 Å². The molecule has 0 saturated carbocycles. The molecule has 0 spiro atoms. The molecule has 0 aromatic rings. The van der Waals surface area contributed by atoms with Crippen LogP contribution in [0.2, 0.25) is 0 Å². The van der Waals surface area contributed by atoms with Gasteiger partial charge in [-0.1, -0.05) is 19.8 Å². The maximum atomic E-state index is 11.5. The van der Waals surface area contributed by atoms with Gasteiger partial charge in [-0.15, -0.1) is 0 Å². The Hall–Kier alpha value is -0.130. The van der Waals surface area contributed by atoms with Gasteiger partial charge in [0.1, 0.15) is 6.98 Å². The zero-order valence-corrected chi connectivity index (χ0v) is 17.5. The van der Waals surface area contributed by atoms with E-state index in [-0.39, 0.29) is 0 Å². The van der Waals surface area contributed by atoms with Gasteiger partial charge in [0.05, 0.1) is 27.2 Å². The van der Waals surface area contributed by atoms with E-state index in [2.05, 4.69) is 27.9 Å². The number of hydrogen-bond acceptors (Lipinski definition) is 4. The van der Waals surface area contributed by atoms with Crippen LogP contribution in [0.4, 0.5) is 26.3 Å². The molecule has 5 nitrogen and oxygen atoms in total. The highest BCUT2D eigenvalue weighted by atomic mass is 33.1. The van der Waals surface area contributed by atoms with E-state index in [1.807, 2.05) is 0 Å². The minimum atomic E-state index is -6.32. The first kappa shape index (κ1) is 28.1. The highest BCUT2D eigenvalue weighted by molar-refractivity contribution is 8.76. The number of nitrogens with zero attached hydrogens (tertiary/aromatic N) is 1. The number of halogens is 6. The lowest BCUT2D eigenvalue weighted by molar-refractivity contribution is -0.888. The van der Waals surface area contributed by atoms with Gasteiger partial charge >= 0.3 is 11.0 Å². The molecule has 0 aromatic heterocycles. The van der Waals surface area contributed by atoms with E-state index in [9.17, 15) is 43.2 Å². The molecule has 0 aliphatic carbocycles. The lowest BCUT2D eigenvalue weighted by Gasteiger charge is -2.28. The number of rotatable bonds is 8. The molecule has 0 bridgehead atoms. The van der Waals surface area contributed by atoms with Crippen LogP contribution in [0.5, 0.6) is 0 Å². The predicted molar refractivity (Wildman–Crippen MR) is 89.9 cm³/mol. The van der Waals surface area contributed by atoms with Crippen LogP contribution < -0.4 is 0 Å². The Morgan fingerprint density at radius 2 is 1.15 bits per heavy atom. The van der Waals surface area contributed by atoms with Crippen molar-refractivity contribution in [3.05, 3.63) is 0 Å². The van der Waals surface area contributed by atoms with E-state index in [4.69, 9.17) is 0 Å². The van der Waals surface area contributed by atoms with Gasteiger partial charge in [-0.05, 0) is 19.8 Å². The normalized spacial score (nSPS) is 13.9. The van der Waals surface area contributed by atoms with Crippen molar-refractivity contribution in [1.82, 2.24) is 0 Å². The van der Waals surface area contributed by atoms with Crippen molar-refractivity contribution in [3.8, 4) is 0 Å². The fourth-order valence-corrected chi connectivity index (χ4v) is 7.58. The SMILES string of the molecule is CCCCCC[N+](C)(C)CC.O=S(=O)(PS(=O)(=O)C(F)(F)F)C(F)(F)F. The Bertz CT molecular complexity index is 573. The summed E-state index contributed by atoms with van der Waals surface area (Å²) in [6, 6.07) is 0. The average Bonchev–Trinajstić information content (AvgIpc) is 2.41. The molecule has 0 unspecified atom stereocenters. The van der Waals surface area contributed by atoms with E-state index < -0.39 is 36.9 Å². The summed E-state index contributed by atoms with van der Waals surface area (Å²) in [6.07, 6.45) is 5.57. The van der Waals surface area contributed by atoms with Gasteiger partial charge in [0.25, 0.3) is 18.9 Å². The monoisotopic (exact) mass is 456 g/mol. The number of alkyl halides is 6. The summed E-state index contributed by atoms with van der Waals surface area (Å²) in [5.74, 6) is 0. The highest BCUT2D eigenvalue weighted by Crippen LogP contribution is 2.46. The van der Waals surface area contributed by atoms with Crippen LogP contribution in [0.1, 0.15) is 39.5 Å². The number of unbranched alkanes of at least 4 members (excludes halogenated alkanes) is 3. The Morgan fingerprint density at radius 3 is 1.42 bits per heavy atom. The second-order valence-corrected chi connectivity index (χ2v) is 14.3. The van der Waals surface area contributed by atoms with Crippen LogP contribution in [0, 0.1) is 0 Å². The van der Waals surface area contributed by atoms with Gasteiger partial charge in [-0.2, -0.15) is 26.3 Å². The second kappa shape index (κ2) is 10.4. The standard InChI is InChI=1S/C10H24N.C2HF6O4PS2/c1-5-7-8-9-10-11(3,4)6-2;3-1(4,5)14(9,10)13-15(11,12)2(6,7)8/h5-10H2,1-4H3;13H/q+1;. The quantitative estimate of drug-likeness (QED) is 0.239. The van der Waals surface area contributed by atoms with Crippen molar-refractivity contribution in [1.29, 1.82) is 0 Å². The molecule has 160 valence electrons. The third kappa shape index (κ3) is 10.9. The topological polar surface area (TPSA) is 68.3 Å². The largest absolute Gasteiger partial charge is 0.501 e. The van der Waals surface area contributed by atoms with Crippen molar-refractivity contribution in [2.75, 3.05) is 27.2 Å². The van der Waals surface area contributed by atoms with E-state index in [1.54, 1.807) is 0 Å². The molecule has 0 amide bonds. The summed E-state index contributed by atoms with van der Waals surface area (Å²) in [6.45, 7) is 3.81. The van der Waals surface area contributed by atoms with Crippen LogP contribution in [0.15, 0.2) is 0 Å². The Labute approximate surface area is 151 Å². The van der Waals surface area contributed by atoms with E-state index in [1.165, 1.54) is 43.3 Å². The van der Waals surface area contributed by atoms with E-state index >= 15 is 0 Å². The van der Waals surface area contributed by atoms with Gasteiger partial charge in [0.15, 0.2) is 0 Å². The van der Waals surface area contributed by atoms with Crippen molar-refractivity contribution in [3.63, 3.8) is 0 Å². The summed E-state index contributed by atoms with van der Waals surface area (Å²) in [7, 11) is -8.01. The lowest BCUT2D eigenvalue weighted by Crippen LogP contribution is -2.39. The molecule has 0 aromatic carbocycles. The first-order valence-corrected chi connectivity index (χ1v) is 13.0. The van der Waals surface area contributed by atoms with Gasteiger partial charge in [-0.25, -0.2) is 16.8 Å². The van der Waals surface area contributed by atoms with Gasteiger partial charge in [-0.3, -0.25) is 0 Å². The Balaban J connectivity index is 0. The van der Waals surface area contributed by atoms with Crippen LogP contribution in [-0.4, -0.2) is 59.5 Å². The average molecular weight is 456 g/mol.